The molecule has 0 saturated heterocycles. The highest BCUT2D eigenvalue weighted by Gasteiger charge is 2.30. The van der Waals surface area contributed by atoms with Crippen LogP contribution in [0.15, 0.2) is 65.4 Å². The van der Waals surface area contributed by atoms with Crippen molar-refractivity contribution < 1.29 is 24.2 Å². The molecule has 3 N–H and O–H groups in total. The maximum Gasteiger partial charge on any atom is 0.407 e. The molecule has 33 heavy (non-hydrogen) atoms. The summed E-state index contributed by atoms with van der Waals surface area (Å²) in [6.45, 7) is 0.417. The second-order valence-electron chi connectivity index (χ2n) is 7.80. The summed E-state index contributed by atoms with van der Waals surface area (Å²) >= 11 is 1.51. The van der Waals surface area contributed by atoms with E-state index in [1.165, 1.54) is 11.3 Å². The van der Waals surface area contributed by atoms with Crippen molar-refractivity contribution in [3.05, 3.63) is 82.0 Å². The molecule has 0 aliphatic heterocycles. The lowest BCUT2D eigenvalue weighted by molar-refractivity contribution is -0.137. The monoisotopic (exact) mass is 464 g/mol. The van der Waals surface area contributed by atoms with E-state index < -0.39 is 24.0 Å². The maximum atomic E-state index is 12.6. The minimum atomic E-state index is -1.04. The lowest BCUT2D eigenvalue weighted by atomic mass is 9.98. The van der Waals surface area contributed by atoms with Gasteiger partial charge in [0.25, 0.3) is 0 Å². The number of carboxylic acids is 1. The van der Waals surface area contributed by atoms with E-state index in [1.807, 2.05) is 65.4 Å². The molecule has 1 heterocycles. The number of hydrogen-bond acceptors (Lipinski definition) is 5. The molecule has 0 bridgehead atoms. The fourth-order valence-corrected chi connectivity index (χ4v) is 4.69. The Morgan fingerprint density at radius 3 is 2.27 bits per heavy atom. The summed E-state index contributed by atoms with van der Waals surface area (Å²) in [5.74, 6) is -1.59. The van der Waals surface area contributed by atoms with Gasteiger partial charge in [-0.1, -0.05) is 48.5 Å². The Hall–Kier alpha value is -3.65. The summed E-state index contributed by atoms with van der Waals surface area (Å²) < 4.78 is 5.50. The number of aliphatic carboxylic acids is 1. The first kappa shape index (κ1) is 22.5. The Bertz CT molecular complexity index is 1100. The first-order valence-corrected chi connectivity index (χ1v) is 11.6. The van der Waals surface area contributed by atoms with E-state index in [0.29, 0.717) is 6.54 Å². The van der Waals surface area contributed by atoms with E-state index >= 15 is 0 Å². The maximum absolute atomic E-state index is 12.6. The molecule has 0 saturated carbocycles. The third kappa shape index (κ3) is 5.40. The number of nitrogens with one attached hydrogen (secondary N) is 2. The van der Waals surface area contributed by atoms with Gasteiger partial charge in [-0.15, -0.1) is 0 Å². The minimum Gasteiger partial charge on any atom is -0.481 e. The molecule has 3 aromatic rings. The Labute approximate surface area is 195 Å². The minimum absolute atomic E-state index is 0.0327. The average molecular weight is 465 g/mol. The van der Waals surface area contributed by atoms with Crippen molar-refractivity contribution in [2.75, 3.05) is 6.61 Å². The topological polar surface area (TPSA) is 105 Å². The van der Waals surface area contributed by atoms with Gasteiger partial charge in [0.15, 0.2) is 0 Å². The van der Waals surface area contributed by atoms with Crippen LogP contribution in [0.25, 0.3) is 11.1 Å². The molecule has 1 aliphatic carbocycles. The van der Waals surface area contributed by atoms with Gasteiger partial charge in [-0.25, -0.2) is 4.79 Å². The van der Waals surface area contributed by atoms with Crippen LogP contribution < -0.4 is 10.6 Å². The summed E-state index contributed by atoms with van der Waals surface area (Å²) in [4.78, 5) is 36.2. The predicted molar refractivity (Wildman–Crippen MR) is 125 cm³/mol. The van der Waals surface area contributed by atoms with Gasteiger partial charge in [-0.3, -0.25) is 9.59 Å². The van der Waals surface area contributed by atoms with Crippen LogP contribution in [-0.4, -0.2) is 35.7 Å². The molecular weight excluding hydrogens is 440 g/mol. The standard InChI is InChI=1S/C25H24N2O5S/c28-23(29)10-9-22(24(30)26-13-16-11-12-33-15-16)27-25(31)32-14-21-19-7-3-1-5-17(19)18-6-2-4-8-20(18)21/h1-8,11-12,15,21-22H,9-10,13-14H2,(H,26,30)(H,27,31)(H,28,29). The van der Waals surface area contributed by atoms with E-state index in [1.54, 1.807) is 0 Å². The molecule has 7 nitrogen and oxygen atoms in total. The number of rotatable bonds is 9. The third-order valence-electron chi connectivity index (χ3n) is 5.65. The van der Waals surface area contributed by atoms with Gasteiger partial charge in [0.1, 0.15) is 12.6 Å². The zero-order chi connectivity index (χ0) is 23.2. The molecule has 1 atom stereocenters. The van der Waals surface area contributed by atoms with Gasteiger partial charge in [-0.05, 0) is 51.1 Å². The number of carbonyl (C=O) groups is 3. The summed E-state index contributed by atoms with van der Waals surface area (Å²) in [7, 11) is 0. The van der Waals surface area contributed by atoms with Gasteiger partial charge in [-0.2, -0.15) is 11.3 Å². The highest BCUT2D eigenvalue weighted by atomic mass is 32.1. The van der Waals surface area contributed by atoms with Crippen LogP contribution in [0.2, 0.25) is 0 Å². The van der Waals surface area contributed by atoms with Crippen molar-refractivity contribution in [1.29, 1.82) is 0 Å². The van der Waals surface area contributed by atoms with Crippen LogP contribution in [0.4, 0.5) is 4.79 Å². The predicted octanol–water partition coefficient (Wildman–Crippen LogP) is 4.14. The van der Waals surface area contributed by atoms with Crippen LogP contribution in [-0.2, 0) is 20.9 Å². The van der Waals surface area contributed by atoms with Crippen molar-refractivity contribution in [3.8, 4) is 11.1 Å². The number of thiophene rings is 1. The molecular formula is C25H24N2O5S. The third-order valence-corrected chi connectivity index (χ3v) is 6.38. The molecule has 2 aromatic carbocycles. The van der Waals surface area contributed by atoms with Crippen LogP contribution in [0.1, 0.15) is 35.4 Å². The van der Waals surface area contributed by atoms with Crippen molar-refractivity contribution in [2.24, 2.45) is 0 Å². The molecule has 2 amide bonds. The summed E-state index contributed by atoms with van der Waals surface area (Å²) in [6, 6.07) is 16.9. The Morgan fingerprint density at radius 1 is 1.00 bits per heavy atom. The van der Waals surface area contributed by atoms with Gasteiger partial charge in [0.2, 0.25) is 5.91 Å². The van der Waals surface area contributed by atoms with E-state index in [-0.39, 0.29) is 25.4 Å². The molecule has 170 valence electrons. The number of alkyl carbamates (subject to hydrolysis) is 1. The van der Waals surface area contributed by atoms with Gasteiger partial charge in [0.05, 0.1) is 0 Å². The van der Waals surface area contributed by atoms with Gasteiger partial charge in [0, 0.05) is 18.9 Å². The van der Waals surface area contributed by atoms with Crippen molar-refractivity contribution in [2.45, 2.75) is 31.3 Å². The van der Waals surface area contributed by atoms with E-state index in [2.05, 4.69) is 10.6 Å². The van der Waals surface area contributed by atoms with E-state index in [0.717, 1.165) is 27.8 Å². The molecule has 1 aromatic heterocycles. The molecule has 4 rings (SSSR count). The Kier molecular flexibility index (Phi) is 7.04. The summed E-state index contributed by atoms with van der Waals surface area (Å²) in [5, 5.41) is 18.1. The number of fused-ring (bicyclic) bond motifs is 3. The molecule has 0 spiro atoms. The van der Waals surface area contributed by atoms with Gasteiger partial charge >= 0.3 is 12.1 Å². The second-order valence-corrected chi connectivity index (χ2v) is 8.58. The zero-order valence-electron chi connectivity index (χ0n) is 17.8. The van der Waals surface area contributed by atoms with Crippen LogP contribution in [0.3, 0.4) is 0 Å². The van der Waals surface area contributed by atoms with Crippen molar-refractivity contribution in [3.63, 3.8) is 0 Å². The quantitative estimate of drug-likeness (QED) is 0.442. The average Bonchev–Trinajstić information content (AvgIpc) is 3.45. The van der Waals surface area contributed by atoms with Crippen LogP contribution in [0.5, 0.6) is 0 Å². The van der Waals surface area contributed by atoms with Crippen LogP contribution >= 0.6 is 11.3 Å². The van der Waals surface area contributed by atoms with Crippen molar-refractivity contribution >= 4 is 29.3 Å². The highest BCUT2D eigenvalue weighted by Crippen LogP contribution is 2.44. The summed E-state index contributed by atoms with van der Waals surface area (Å²) in [5.41, 5.74) is 5.35. The number of carbonyl (C=O) groups excluding carboxylic acids is 2. The van der Waals surface area contributed by atoms with Crippen LogP contribution in [0, 0.1) is 0 Å². The lowest BCUT2D eigenvalue weighted by Gasteiger charge is -2.19. The molecule has 1 aliphatic rings. The molecule has 0 radical (unpaired) electrons. The van der Waals surface area contributed by atoms with E-state index in [4.69, 9.17) is 9.84 Å². The zero-order valence-corrected chi connectivity index (χ0v) is 18.6. The number of benzene rings is 2. The first-order valence-electron chi connectivity index (χ1n) is 10.6. The lowest BCUT2D eigenvalue weighted by Crippen LogP contribution is -2.47. The Balaban J connectivity index is 1.39. The Morgan fingerprint density at radius 2 is 1.67 bits per heavy atom. The van der Waals surface area contributed by atoms with Gasteiger partial charge < -0.3 is 20.5 Å². The summed E-state index contributed by atoms with van der Waals surface area (Å²) in [6.07, 6.45) is -1.03. The molecule has 0 fully saturated rings. The van der Waals surface area contributed by atoms with Crippen molar-refractivity contribution in [1.82, 2.24) is 10.6 Å². The number of amides is 2. The fraction of sp³-hybridized carbons (Fsp3) is 0.240. The normalized spacial score (nSPS) is 13.0. The number of carboxylic acid groups (broad SMARTS) is 1. The smallest absolute Gasteiger partial charge is 0.407 e. The molecule has 8 heteroatoms. The number of hydrogen-bond donors (Lipinski definition) is 3. The largest absolute Gasteiger partial charge is 0.481 e. The molecule has 1 unspecified atom stereocenters. The van der Waals surface area contributed by atoms with E-state index in [9.17, 15) is 14.4 Å². The first-order chi connectivity index (χ1) is 16.0. The highest BCUT2D eigenvalue weighted by molar-refractivity contribution is 7.07. The second kappa shape index (κ2) is 10.3. The number of ether oxygens (including phenoxy) is 1. The SMILES string of the molecule is O=C(O)CCC(NC(=O)OCC1c2ccccc2-c2ccccc21)C(=O)NCc1ccsc1. The fourth-order valence-electron chi connectivity index (χ4n) is 4.02.